The molecule has 0 N–H and O–H groups in total. The zero-order valence-electron chi connectivity index (χ0n) is 8.00. The van der Waals surface area contributed by atoms with E-state index in [0.717, 1.165) is 10.6 Å². The number of halogens is 1. The van der Waals surface area contributed by atoms with Gasteiger partial charge in [0.1, 0.15) is 0 Å². The summed E-state index contributed by atoms with van der Waals surface area (Å²) in [6, 6.07) is 16.2. The van der Waals surface area contributed by atoms with Crippen molar-refractivity contribution in [3.63, 3.8) is 0 Å². The quantitative estimate of drug-likeness (QED) is 0.646. The van der Waals surface area contributed by atoms with E-state index in [9.17, 15) is 0 Å². The molecule has 0 atom stereocenters. The second-order valence-corrected chi connectivity index (χ2v) is 3.70. The molecule has 0 bridgehead atoms. The lowest BCUT2D eigenvalue weighted by atomic mass is 10.0. The predicted octanol–water partition coefficient (Wildman–Crippen LogP) is 4.32. The summed E-state index contributed by atoms with van der Waals surface area (Å²) in [6.45, 7) is 2.10. The van der Waals surface area contributed by atoms with Crippen molar-refractivity contribution in [1.29, 1.82) is 0 Å². The van der Waals surface area contributed by atoms with Crippen molar-refractivity contribution in [3.05, 3.63) is 59.1 Å². The first-order valence-electron chi connectivity index (χ1n) is 4.59. The van der Waals surface area contributed by atoms with Gasteiger partial charge >= 0.3 is 0 Å². The molecule has 0 saturated carbocycles. The Bertz CT molecular complexity index is 403. The van der Waals surface area contributed by atoms with Gasteiger partial charge in [-0.1, -0.05) is 54.1 Å². The maximum absolute atomic E-state index is 6.13. The van der Waals surface area contributed by atoms with Gasteiger partial charge < -0.3 is 0 Å². The number of aryl methyl sites for hydroxylation is 1. The Morgan fingerprint density at radius 1 is 0.786 bits per heavy atom. The molecule has 2 rings (SSSR count). The predicted molar refractivity (Wildman–Crippen MR) is 61.6 cm³/mol. The maximum Gasteiger partial charge on any atom is 0.0484 e. The zero-order valence-corrected chi connectivity index (χ0v) is 8.75. The molecule has 0 unspecified atom stereocenters. The third-order valence-electron chi connectivity index (χ3n) is 2.31. The molecule has 1 heteroatoms. The van der Waals surface area contributed by atoms with E-state index >= 15 is 0 Å². The maximum atomic E-state index is 6.13. The second-order valence-electron chi connectivity index (χ2n) is 3.29. The van der Waals surface area contributed by atoms with Gasteiger partial charge in [-0.05, 0) is 24.1 Å². The van der Waals surface area contributed by atoms with E-state index in [1.54, 1.807) is 0 Å². The summed E-state index contributed by atoms with van der Waals surface area (Å²) >= 11 is 6.13. The highest BCUT2D eigenvalue weighted by Crippen LogP contribution is 2.29. The molecule has 0 saturated heterocycles. The highest BCUT2D eigenvalue weighted by Gasteiger charge is 2.03. The molecule has 0 aliphatic heterocycles. The second kappa shape index (κ2) is 3.85. The van der Waals surface area contributed by atoms with Crippen LogP contribution in [0.1, 0.15) is 5.56 Å². The van der Waals surface area contributed by atoms with Gasteiger partial charge in [-0.15, -0.1) is 0 Å². The van der Waals surface area contributed by atoms with E-state index < -0.39 is 0 Å². The van der Waals surface area contributed by atoms with Crippen LogP contribution in [0.2, 0.25) is 5.02 Å². The number of rotatable bonds is 1. The average molecular weight is 203 g/mol. The van der Waals surface area contributed by atoms with Gasteiger partial charge in [0, 0.05) is 10.6 Å². The fraction of sp³-hybridized carbons (Fsp3) is 0.0769. The molecule has 0 fully saturated rings. The third-order valence-corrected chi connectivity index (χ3v) is 2.64. The van der Waals surface area contributed by atoms with Crippen LogP contribution in [0, 0.1) is 6.92 Å². The van der Waals surface area contributed by atoms with Gasteiger partial charge in [0.25, 0.3) is 0 Å². The molecule has 2 aromatic carbocycles. The van der Waals surface area contributed by atoms with Gasteiger partial charge in [0.2, 0.25) is 0 Å². The van der Waals surface area contributed by atoms with Gasteiger partial charge in [-0.2, -0.15) is 0 Å². The van der Waals surface area contributed by atoms with Crippen molar-refractivity contribution in [2.45, 2.75) is 6.92 Å². The van der Waals surface area contributed by atoms with E-state index in [0.29, 0.717) is 0 Å². The van der Waals surface area contributed by atoms with Gasteiger partial charge in [0.15, 0.2) is 0 Å². The smallest absolute Gasteiger partial charge is 0.0484 e. The van der Waals surface area contributed by atoms with Crippen LogP contribution in [0.25, 0.3) is 11.1 Å². The molecule has 0 spiro atoms. The van der Waals surface area contributed by atoms with Gasteiger partial charge in [-0.25, -0.2) is 0 Å². The average Bonchev–Trinajstić information content (AvgIpc) is 2.20. The summed E-state index contributed by atoms with van der Waals surface area (Å²) in [4.78, 5) is 0. The van der Waals surface area contributed by atoms with Crippen LogP contribution < -0.4 is 0 Å². The number of hydrogen-bond donors (Lipinski definition) is 0. The largest absolute Gasteiger partial charge is 0.0837 e. The fourth-order valence-corrected chi connectivity index (χ4v) is 1.79. The Labute approximate surface area is 89.2 Å². The van der Waals surface area contributed by atoms with Crippen molar-refractivity contribution in [3.8, 4) is 11.1 Å². The lowest BCUT2D eigenvalue weighted by molar-refractivity contribution is 1.46. The highest BCUT2D eigenvalue weighted by molar-refractivity contribution is 6.33. The fourth-order valence-electron chi connectivity index (χ4n) is 1.55. The summed E-state index contributed by atoms with van der Waals surface area (Å²) in [6.07, 6.45) is 0. The molecule has 0 heterocycles. The molecule has 70 valence electrons. The van der Waals surface area contributed by atoms with Crippen LogP contribution in [0.5, 0.6) is 0 Å². The van der Waals surface area contributed by atoms with E-state index in [1.165, 1.54) is 11.1 Å². The zero-order chi connectivity index (χ0) is 9.97. The monoisotopic (exact) mass is 202 g/mol. The van der Waals surface area contributed by atoms with Crippen LogP contribution in [0.3, 0.4) is 0 Å². The topological polar surface area (TPSA) is 0 Å². The molecule has 0 nitrogen and oxygen atoms in total. The standard InChI is InChI=1S/C13H11Cl/c1-10-6-2-3-7-11(10)12-8-4-5-9-13(12)14/h2-9H,1H3. The van der Waals surface area contributed by atoms with Crippen LogP contribution in [0.4, 0.5) is 0 Å². The van der Waals surface area contributed by atoms with Crippen LogP contribution >= 0.6 is 11.6 Å². The Hall–Kier alpha value is -1.27. The normalized spacial score (nSPS) is 10.1. The summed E-state index contributed by atoms with van der Waals surface area (Å²) < 4.78 is 0. The summed E-state index contributed by atoms with van der Waals surface area (Å²) in [5.41, 5.74) is 3.56. The molecule has 0 radical (unpaired) electrons. The molecular weight excluding hydrogens is 192 g/mol. The van der Waals surface area contributed by atoms with Crippen LogP contribution in [0.15, 0.2) is 48.5 Å². The van der Waals surface area contributed by atoms with Crippen molar-refractivity contribution < 1.29 is 0 Å². The molecule has 14 heavy (non-hydrogen) atoms. The molecular formula is C13H11Cl. The molecule has 2 aromatic rings. The van der Waals surface area contributed by atoms with Crippen LogP contribution in [-0.4, -0.2) is 0 Å². The number of benzene rings is 2. The first-order chi connectivity index (χ1) is 6.79. The van der Waals surface area contributed by atoms with Crippen molar-refractivity contribution >= 4 is 11.6 Å². The SMILES string of the molecule is Cc1ccccc1-c1ccccc1Cl. The summed E-state index contributed by atoms with van der Waals surface area (Å²) in [5, 5.41) is 0.807. The minimum atomic E-state index is 0.807. The Balaban J connectivity index is 2.61. The summed E-state index contributed by atoms with van der Waals surface area (Å²) in [5.74, 6) is 0. The Morgan fingerprint density at radius 2 is 1.36 bits per heavy atom. The minimum absolute atomic E-state index is 0.807. The molecule has 0 aliphatic carbocycles. The van der Waals surface area contributed by atoms with E-state index in [4.69, 9.17) is 11.6 Å². The van der Waals surface area contributed by atoms with Gasteiger partial charge in [-0.3, -0.25) is 0 Å². The molecule has 0 aliphatic rings. The van der Waals surface area contributed by atoms with Crippen molar-refractivity contribution in [1.82, 2.24) is 0 Å². The highest BCUT2D eigenvalue weighted by atomic mass is 35.5. The van der Waals surface area contributed by atoms with E-state index in [1.807, 2.05) is 36.4 Å². The Morgan fingerprint density at radius 3 is 2.00 bits per heavy atom. The van der Waals surface area contributed by atoms with Crippen LogP contribution in [-0.2, 0) is 0 Å². The van der Waals surface area contributed by atoms with E-state index in [2.05, 4.69) is 19.1 Å². The third kappa shape index (κ3) is 1.66. The van der Waals surface area contributed by atoms with Crippen molar-refractivity contribution in [2.24, 2.45) is 0 Å². The minimum Gasteiger partial charge on any atom is -0.0837 e. The first kappa shape index (κ1) is 9.29. The molecule has 0 amide bonds. The summed E-state index contributed by atoms with van der Waals surface area (Å²) in [7, 11) is 0. The number of hydrogen-bond acceptors (Lipinski definition) is 0. The Kier molecular flexibility index (Phi) is 2.55. The lowest BCUT2D eigenvalue weighted by Gasteiger charge is -2.06. The van der Waals surface area contributed by atoms with E-state index in [-0.39, 0.29) is 0 Å². The lowest BCUT2D eigenvalue weighted by Crippen LogP contribution is -1.82. The van der Waals surface area contributed by atoms with Crippen molar-refractivity contribution in [2.75, 3.05) is 0 Å². The van der Waals surface area contributed by atoms with Gasteiger partial charge in [0.05, 0.1) is 0 Å². The first-order valence-corrected chi connectivity index (χ1v) is 4.97. The molecule has 0 aromatic heterocycles.